The van der Waals surface area contributed by atoms with Gasteiger partial charge in [0.2, 0.25) is 0 Å². The lowest BCUT2D eigenvalue weighted by atomic mass is 10.1. The molecule has 0 fully saturated rings. The Morgan fingerprint density at radius 1 is 1.21 bits per heavy atom. The van der Waals surface area contributed by atoms with Crippen molar-refractivity contribution in [2.45, 2.75) is 13.3 Å². The van der Waals surface area contributed by atoms with Crippen molar-refractivity contribution in [3.05, 3.63) is 42.0 Å². The van der Waals surface area contributed by atoms with Gasteiger partial charge in [-0.1, -0.05) is 43.4 Å². The first-order chi connectivity index (χ1) is 6.75. The molecule has 0 aromatic heterocycles. The second-order valence-electron chi connectivity index (χ2n) is 2.91. The first-order valence-electron chi connectivity index (χ1n) is 4.60. The van der Waals surface area contributed by atoms with Gasteiger partial charge in [-0.15, -0.1) is 0 Å². The van der Waals surface area contributed by atoms with Crippen LogP contribution in [0.4, 0.5) is 0 Å². The highest BCUT2D eigenvalue weighted by molar-refractivity contribution is 5.62. The van der Waals surface area contributed by atoms with Crippen molar-refractivity contribution >= 4 is 6.08 Å². The maximum absolute atomic E-state index is 9.43. The van der Waals surface area contributed by atoms with Crippen LogP contribution in [0, 0.1) is 0 Å². The molecule has 0 unspecified atom stereocenters. The number of phenolic OH excluding ortho intramolecular Hbond substituents is 2. The largest absolute Gasteiger partial charge is 0.504 e. The number of para-hydroxylation sites is 1. The number of benzene rings is 1. The van der Waals surface area contributed by atoms with Crippen molar-refractivity contribution in [3.63, 3.8) is 0 Å². The minimum atomic E-state index is -0.0911. The van der Waals surface area contributed by atoms with E-state index in [1.165, 1.54) is 6.07 Å². The van der Waals surface area contributed by atoms with Gasteiger partial charge in [-0.2, -0.15) is 0 Å². The van der Waals surface area contributed by atoms with E-state index in [1.807, 2.05) is 18.2 Å². The van der Waals surface area contributed by atoms with E-state index in [0.29, 0.717) is 5.56 Å². The molecular formula is C12H14O2. The first kappa shape index (κ1) is 10.4. The summed E-state index contributed by atoms with van der Waals surface area (Å²) in [6.07, 6.45) is 8.48. The van der Waals surface area contributed by atoms with E-state index in [-0.39, 0.29) is 11.5 Å². The molecule has 2 N–H and O–H groups in total. The summed E-state index contributed by atoms with van der Waals surface area (Å²) in [5.74, 6) is -0.166. The minimum Gasteiger partial charge on any atom is -0.504 e. The summed E-state index contributed by atoms with van der Waals surface area (Å²) in [7, 11) is 0. The van der Waals surface area contributed by atoms with E-state index in [2.05, 4.69) is 6.92 Å². The molecule has 1 aromatic rings. The van der Waals surface area contributed by atoms with Crippen LogP contribution in [0.15, 0.2) is 36.4 Å². The summed E-state index contributed by atoms with van der Waals surface area (Å²) in [6.45, 7) is 2.05. The Labute approximate surface area is 83.8 Å². The fraction of sp³-hybridized carbons (Fsp3) is 0.167. The van der Waals surface area contributed by atoms with Crippen LogP contribution in [0.5, 0.6) is 11.5 Å². The Hall–Kier alpha value is -1.70. The van der Waals surface area contributed by atoms with Gasteiger partial charge in [0.25, 0.3) is 0 Å². The topological polar surface area (TPSA) is 40.5 Å². The molecule has 0 amide bonds. The fourth-order valence-corrected chi connectivity index (χ4v) is 1.06. The molecule has 74 valence electrons. The molecule has 0 saturated heterocycles. The lowest BCUT2D eigenvalue weighted by molar-refractivity contribution is 0.403. The Balaban J connectivity index is 2.81. The van der Waals surface area contributed by atoms with E-state index < -0.39 is 0 Å². The molecule has 0 aliphatic carbocycles. The highest BCUT2D eigenvalue weighted by Crippen LogP contribution is 2.28. The highest BCUT2D eigenvalue weighted by atomic mass is 16.3. The molecule has 0 bridgehead atoms. The number of allylic oxidation sites excluding steroid dienone is 3. The summed E-state index contributed by atoms with van der Waals surface area (Å²) in [6, 6.07) is 4.89. The Morgan fingerprint density at radius 2 is 2.00 bits per heavy atom. The van der Waals surface area contributed by atoms with Crippen molar-refractivity contribution in [3.8, 4) is 11.5 Å². The van der Waals surface area contributed by atoms with Crippen LogP contribution in [0.3, 0.4) is 0 Å². The third-order valence-corrected chi connectivity index (χ3v) is 1.80. The smallest absolute Gasteiger partial charge is 0.164 e. The first-order valence-corrected chi connectivity index (χ1v) is 4.60. The van der Waals surface area contributed by atoms with Gasteiger partial charge in [-0.05, 0) is 12.5 Å². The minimum absolute atomic E-state index is 0.0753. The molecule has 0 aliphatic heterocycles. The number of rotatable bonds is 3. The molecule has 1 aromatic carbocycles. The molecule has 2 nitrogen and oxygen atoms in total. The van der Waals surface area contributed by atoms with Gasteiger partial charge in [0, 0.05) is 5.56 Å². The zero-order valence-electron chi connectivity index (χ0n) is 8.14. The zero-order chi connectivity index (χ0) is 10.4. The van der Waals surface area contributed by atoms with Crippen molar-refractivity contribution in [1.29, 1.82) is 0 Å². The summed E-state index contributed by atoms with van der Waals surface area (Å²) >= 11 is 0. The lowest BCUT2D eigenvalue weighted by Gasteiger charge is -1.99. The lowest BCUT2D eigenvalue weighted by Crippen LogP contribution is -1.74. The van der Waals surface area contributed by atoms with Crippen LogP contribution in [-0.2, 0) is 0 Å². The monoisotopic (exact) mass is 190 g/mol. The normalized spacial score (nSPS) is 11.5. The fourth-order valence-electron chi connectivity index (χ4n) is 1.06. The third-order valence-electron chi connectivity index (χ3n) is 1.80. The van der Waals surface area contributed by atoms with Gasteiger partial charge in [0.15, 0.2) is 11.5 Å². The van der Waals surface area contributed by atoms with Crippen LogP contribution in [0.2, 0.25) is 0 Å². The maximum Gasteiger partial charge on any atom is 0.164 e. The Kier molecular flexibility index (Phi) is 3.80. The van der Waals surface area contributed by atoms with E-state index in [0.717, 1.165) is 6.42 Å². The molecule has 0 atom stereocenters. The molecular weight excluding hydrogens is 176 g/mol. The second kappa shape index (κ2) is 5.12. The average Bonchev–Trinajstić information content (AvgIpc) is 2.19. The quantitative estimate of drug-likeness (QED) is 0.568. The maximum atomic E-state index is 9.43. The molecule has 0 saturated carbocycles. The number of aromatic hydroxyl groups is 2. The van der Waals surface area contributed by atoms with E-state index in [1.54, 1.807) is 18.2 Å². The molecule has 0 spiro atoms. The van der Waals surface area contributed by atoms with Gasteiger partial charge in [-0.25, -0.2) is 0 Å². The van der Waals surface area contributed by atoms with Gasteiger partial charge in [0.05, 0.1) is 0 Å². The molecule has 14 heavy (non-hydrogen) atoms. The third kappa shape index (κ3) is 2.66. The van der Waals surface area contributed by atoms with E-state index in [9.17, 15) is 10.2 Å². The van der Waals surface area contributed by atoms with Crippen LogP contribution >= 0.6 is 0 Å². The number of hydrogen-bond donors (Lipinski definition) is 2. The average molecular weight is 190 g/mol. The molecule has 0 radical (unpaired) electrons. The van der Waals surface area contributed by atoms with E-state index in [4.69, 9.17) is 0 Å². The van der Waals surface area contributed by atoms with Gasteiger partial charge in [0.1, 0.15) is 0 Å². The van der Waals surface area contributed by atoms with Crippen LogP contribution < -0.4 is 0 Å². The predicted molar refractivity (Wildman–Crippen MR) is 58.2 cm³/mol. The van der Waals surface area contributed by atoms with Gasteiger partial charge < -0.3 is 10.2 Å². The summed E-state index contributed by atoms with van der Waals surface area (Å²) in [5.41, 5.74) is 0.616. The van der Waals surface area contributed by atoms with Crippen LogP contribution in [0.25, 0.3) is 6.08 Å². The summed E-state index contributed by atoms with van der Waals surface area (Å²) < 4.78 is 0. The summed E-state index contributed by atoms with van der Waals surface area (Å²) in [5, 5.41) is 18.6. The van der Waals surface area contributed by atoms with Gasteiger partial charge >= 0.3 is 0 Å². The highest BCUT2D eigenvalue weighted by Gasteiger charge is 2.00. The standard InChI is InChI=1S/C12H14O2/c1-2-3-4-5-7-10-8-6-9-11(13)12(10)14/h3-9,13-14H,2H2,1H3. The van der Waals surface area contributed by atoms with Crippen molar-refractivity contribution in [2.75, 3.05) is 0 Å². The summed E-state index contributed by atoms with van der Waals surface area (Å²) in [4.78, 5) is 0. The second-order valence-corrected chi connectivity index (χ2v) is 2.91. The molecule has 1 rings (SSSR count). The van der Waals surface area contributed by atoms with Crippen LogP contribution in [0.1, 0.15) is 18.9 Å². The Morgan fingerprint density at radius 3 is 2.71 bits per heavy atom. The van der Waals surface area contributed by atoms with Crippen molar-refractivity contribution in [1.82, 2.24) is 0 Å². The van der Waals surface area contributed by atoms with Gasteiger partial charge in [-0.3, -0.25) is 0 Å². The zero-order valence-corrected chi connectivity index (χ0v) is 8.14. The SMILES string of the molecule is CCC=CC=Cc1cccc(O)c1O. The van der Waals surface area contributed by atoms with Crippen LogP contribution in [-0.4, -0.2) is 10.2 Å². The molecule has 2 heteroatoms. The number of hydrogen-bond acceptors (Lipinski definition) is 2. The number of phenols is 2. The van der Waals surface area contributed by atoms with E-state index >= 15 is 0 Å². The molecule has 0 heterocycles. The predicted octanol–water partition coefficient (Wildman–Crippen LogP) is 3.08. The van der Waals surface area contributed by atoms with Crippen molar-refractivity contribution < 1.29 is 10.2 Å². The van der Waals surface area contributed by atoms with Crippen molar-refractivity contribution in [2.24, 2.45) is 0 Å². The molecule has 0 aliphatic rings. The Bertz CT molecular complexity index is 351.